The number of aliphatic carboxylic acids is 1. The third kappa shape index (κ3) is 4.77. The van der Waals surface area contributed by atoms with Crippen molar-refractivity contribution in [3.8, 4) is 0 Å². The fraction of sp³-hybridized carbons (Fsp3) is 0.333. The molecule has 4 heteroatoms. The van der Waals surface area contributed by atoms with Crippen molar-refractivity contribution in [3.05, 3.63) is 72.1 Å². The van der Waals surface area contributed by atoms with Crippen LogP contribution in [0.15, 0.2) is 60.9 Å². The molecule has 0 saturated carbocycles. The molecule has 1 aromatic heterocycles. The van der Waals surface area contributed by atoms with E-state index >= 15 is 0 Å². The first kappa shape index (κ1) is 17.4. The topological polar surface area (TPSA) is 53.4 Å². The van der Waals surface area contributed by atoms with Gasteiger partial charge in [0, 0.05) is 31.0 Å². The Kier molecular flexibility index (Phi) is 5.96. The Morgan fingerprint density at radius 2 is 2.00 bits per heavy atom. The maximum Gasteiger partial charge on any atom is 0.307 e. The van der Waals surface area contributed by atoms with Gasteiger partial charge in [-0.15, -0.1) is 0 Å². The fourth-order valence-corrected chi connectivity index (χ4v) is 3.39. The molecule has 1 N–H and O–H groups in total. The number of carboxylic acid groups (broad SMARTS) is 1. The molecule has 1 fully saturated rings. The van der Waals surface area contributed by atoms with Crippen molar-refractivity contribution in [2.75, 3.05) is 19.6 Å². The molecule has 0 aliphatic carbocycles. The van der Waals surface area contributed by atoms with Gasteiger partial charge in [-0.05, 0) is 43.0 Å². The van der Waals surface area contributed by atoms with Gasteiger partial charge in [0.15, 0.2) is 0 Å². The molecule has 3 rings (SSSR count). The number of carbonyl (C=O) groups is 1. The number of pyridine rings is 1. The molecule has 1 aliphatic rings. The molecular formula is C21H24N2O2. The normalized spacial score (nSPS) is 18.9. The SMILES string of the molecule is O=C(O)C1CCCN(CCC=C(c2ccccc2)c2cccnc2)C1. The standard InChI is InChI=1S/C21H24N2O2/c24-21(25)19-10-5-13-23(16-19)14-6-11-20(17-7-2-1-3-8-17)18-9-4-12-22-15-18/h1-4,7-9,11-12,15,19H,5-6,10,13-14,16H2,(H,24,25). The van der Waals surface area contributed by atoms with Gasteiger partial charge in [-0.2, -0.15) is 0 Å². The molecule has 1 unspecified atom stereocenters. The highest BCUT2D eigenvalue weighted by Crippen LogP contribution is 2.23. The second-order valence-corrected chi connectivity index (χ2v) is 6.49. The van der Waals surface area contributed by atoms with Crippen LogP contribution in [0.2, 0.25) is 0 Å². The van der Waals surface area contributed by atoms with Crippen molar-refractivity contribution in [1.82, 2.24) is 9.88 Å². The van der Waals surface area contributed by atoms with Crippen LogP contribution >= 0.6 is 0 Å². The summed E-state index contributed by atoms with van der Waals surface area (Å²) in [7, 11) is 0. The number of likely N-dealkylation sites (tertiary alicyclic amines) is 1. The van der Waals surface area contributed by atoms with Gasteiger partial charge >= 0.3 is 5.97 Å². The van der Waals surface area contributed by atoms with Crippen molar-refractivity contribution in [1.29, 1.82) is 0 Å². The van der Waals surface area contributed by atoms with Gasteiger partial charge < -0.3 is 10.0 Å². The van der Waals surface area contributed by atoms with E-state index in [0.29, 0.717) is 6.54 Å². The number of benzene rings is 1. The maximum atomic E-state index is 11.2. The van der Waals surface area contributed by atoms with Gasteiger partial charge in [0.2, 0.25) is 0 Å². The summed E-state index contributed by atoms with van der Waals surface area (Å²) in [6, 6.07) is 14.4. The highest BCUT2D eigenvalue weighted by molar-refractivity contribution is 5.79. The van der Waals surface area contributed by atoms with Crippen LogP contribution in [0.5, 0.6) is 0 Å². The van der Waals surface area contributed by atoms with Gasteiger partial charge in [0.1, 0.15) is 0 Å². The molecule has 25 heavy (non-hydrogen) atoms. The number of aromatic nitrogens is 1. The third-order valence-electron chi connectivity index (χ3n) is 4.71. The van der Waals surface area contributed by atoms with Gasteiger partial charge in [-0.3, -0.25) is 9.78 Å². The molecule has 2 aromatic rings. The van der Waals surface area contributed by atoms with Crippen LogP contribution in [-0.4, -0.2) is 40.6 Å². The lowest BCUT2D eigenvalue weighted by Gasteiger charge is -2.30. The molecule has 0 radical (unpaired) electrons. The zero-order chi connectivity index (χ0) is 17.5. The summed E-state index contributed by atoms with van der Waals surface area (Å²) in [6.07, 6.45) is 8.58. The van der Waals surface area contributed by atoms with E-state index in [1.165, 1.54) is 11.1 Å². The minimum absolute atomic E-state index is 0.218. The highest BCUT2D eigenvalue weighted by atomic mass is 16.4. The number of hydrogen-bond acceptors (Lipinski definition) is 3. The Hall–Kier alpha value is -2.46. The largest absolute Gasteiger partial charge is 0.481 e. The van der Waals surface area contributed by atoms with Crippen LogP contribution < -0.4 is 0 Å². The number of piperidine rings is 1. The Morgan fingerprint density at radius 3 is 2.72 bits per heavy atom. The van der Waals surface area contributed by atoms with E-state index < -0.39 is 5.97 Å². The fourth-order valence-electron chi connectivity index (χ4n) is 3.39. The average molecular weight is 336 g/mol. The summed E-state index contributed by atoms with van der Waals surface area (Å²) in [5, 5.41) is 9.22. The number of hydrogen-bond donors (Lipinski definition) is 1. The first-order chi connectivity index (χ1) is 12.2. The molecule has 0 amide bonds. The summed E-state index contributed by atoms with van der Waals surface area (Å²) in [5.74, 6) is -0.884. The summed E-state index contributed by atoms with van der Waals surface area (Å²) in [4.78, 5) is 17.7. The minimum Gasteiger partial charge on any atom is -0.481 e. The Labute approximate surface area is 148 Å². The summed E-state index contributed by atoms with van der Waals surface area (Å²) < 4.78 is 0. The molecule has 2 heterocycles. The van der Waals surface area contributed by atoms with Crippen LogP contribution in [0.1, 0.15) is 30.4 Å². The Morgan fingerprint density at radius 1 is 1.20 bits per heavy atom. The van der Waals surface area contributed by atoms with Crippen LogP contribution in [0, 0.1) is 5.92 Å². The van der Waals surface area contributed by atoms with Crippen molar-refractivity contribution in [2.24, 2.45) is 5.92 Å². The summed E-state index contributed by atoms with van der Waals surface area (Å²) in [5.41, 5.74) is 3.47. The van der Waals surface area contributed by atoms with E-state index in [4.69, 9.17) is 0 Å². The zero-order valence-electron chi connectivity index (χ0n) is 14.3. The monoisotopic (exact) mass is 336 g/mol. The maximum absolute atomic E-state index is 11.2. The summed E-state index contributed by atoms with van der Waals surface area (Å²) in [6.45, 7) is 2.54. The number of nitrogens with zero attached hydrogens (tertiary/aromatic N) is 2. The smallest absolute Gasteiger partial charge is 0.307 e. The van der Waals surface area contributed by atoms with Crippen molar-refractivity contribution < 1.29 is 9.90 Å². The molecule has 1 saturated heterocycles. The molecule has 0 bridgehead atoms. The van der Waals surface area contributed by atoms with E-state index in [2.05, 4.69) is 34.2 Å². The quantitative estimate of drug-likeness (QED) is 0.874. The van der Waals surface area contributed by atoms with Crippen molar-refractivity contribution >= 4 is 11.5 Å². The average Bonchev–Trinajstić information content (AvgIpc) is 2.67. The van der Waals surface area contributed by atoms with E-state index in [1.54, 1.807) is 6.20 Å². The highest BCUT2D eigenvalue weighted by Gasteiger charge is 2.24. The van der Waals surface area contributed by atoms with Gasteiger partial charge in [0.25, 0.3) is 0 Å². The van der Waals surface area contributed by atoms with Gasteiger partial charge in [-0.1, -0.05) is 42.5 Å². The lowest BCUT2D eigenvalue weighted by atomic mass is 9.97. The van der Waals surface area contributed by atoms with E-state index in [-0.39, 0.29) is 5.92 Å². The first-order valence-corrected chi connectivity index (χ1v) is 8.85. The van der Waals surface area contributed by atoms with E-state index in [0.717, 1.165) is 37.9 Å². The third-order valence-corrected chi connectivity index (χ3v) is 4.71. The van der Waals surface area contributed by atoms with E-state index in [9.17, 15) is 9.90 Å². The van der Waals surface area contributed by atoms with Gasteiger partial charge in [-0.25, -0.2) is 0 Å². The number of carboxylic acids is 1. The molecule has 1 aliphatic heterocycles. The molecule has 130 valence electrons. The lowest BCUT2D eigenvalue weighted by Crippen LogP contribution is -2.39. The summed E-state index contributed by atoms with van der Waals surface area (Å²) >= 11 is 0. The molecule has 1 aromatic carbocycles. The number of rotatable bonds is 6. The minimum atomic E-state index is -0.666. The predicted molar refractivity (Wildman–Crippen MR) is 99.2 cm³/mol. The predicted octanol–water partition coefficient (Wildman–Crippen LogP) is 3.70. The van der Waals surface area contributed by atoms with Crippen LogP contribution in [0.4, 0.5) is 0 Å². The second-order valence-electron chi connectivity index (χ2n) is 6.49. The van der Waals surface area contributed by atoms with Crippen LogP contribution in [0.25, 0.3) is 5.57 Å². The van der Waals surface area contributed by atoms with Crippen LogP contribution in [0.3, 0.4) is 0 Å². The molecule has 1 atom stereocenters. The van der Waals surface area contributed by atoms with Crippen LogP contribution in [-0.2, 0) is 4.79 Å². The van der Waals surface area contributed by atoms with E-state index in [1.807, 2.05) is 30.5 Å². The van der Waals surface area contributed by atoms with Crippen molar-refractivity contribution in [3.63, 3.8) is 0 Å². The lowest BCUT2D eigenvalue weighted by molar-refractivity contribution is -0.143. The molecular weight excluding hydrogens is 312 g/mol. The van der Waals surface area contributed by atoms with Gasteiger partial charge in [0.05, 0.1) is 5.92 Å². The van der Waals surface area contributed by atoms with Crippen molar-refractivity contribution in [2.45, 2.75) is 19.3 Å². The Balaban J connectivity index is 1.70. The zero-order valence-corrected chi connectivity index (χ0v) is 14.3. The first-order valence-electron chi connectivity index (χ1n) is 8.85. The molecule has 4 nitrogen and oxygen atoms in total. The molecule has 0 spiro atoms. The second kappa shape index (κ2) is 8.58. The Bertz CT molecular complexity index is 672.